The van der Waals surface area contributed by atoms with Crippen molar-refractivity contribution >= 4 is 0 Å². The van der Waals surface area contributed by atoms with Crippen molar-refractivity contribution in [1.29, 1.82) is 0 Å². The second-order valence-corrected chi connectivity index (χ2v) is 6.52. The third-order valence-corrected chi connectivity index (χ3v) is 5.01. The first-order chi connectivity index (χ1) is 10.2. The highest BCUT2D eigenvalue weighted by atomic mass is 16.5. The fourth-order valence-electron chi connectivity index (χ4n) is 3.74. The molecule has 3 nitrogen and oxygen atoms in total. The van der Waals surface area contributed by atoms with Crippen LogP contribution in [0.3, 0.4) is 0 Å². The second-order valence-electron chi connectivity index (χ2n) is 6.52. The van der Waals surface area contributed by atoms with Crippen LogP contribution in [0.4, 0.5) is 0 Å². The molecule has 1 aliphatic heterocycles. The first-order valence-electron chi connectivity index (χ1n) is 8.37. The number of hydrogen-bond acceptors (Lipinski definition) is 3. The van der Waals surface area contributed by atoms with Crippen LogP contribution >= 0.6 is 0 Å². The Morgan fingerprint density at radius 3 is 2.86 bits per heavy atom. The quantitative estimate of drug-likeness (QED) is 0.912. The van der Waals surface area contributed by atoms with E-state index in [1.54, 1.807) is 0 Å². The van der Waals surface area contributed by atoms with Crippen LogP contribution in [-0.4, -0.2) is 18.3 Å². The van der Waals surface area contributed by atoms with Crippen molar-refractivity contribution in [3.8, 4) is 5.75 Å². The molecular formula is C18H27NO2. The molecule has 0 bridgehead atoms. The molecule has 2 atom stereocenters. The van der Waals surface area contributed by atoms with Crippen molar-refractivity contribution in [2.45, 2.75) is 69.6 Å². The van der Waals surface area contributed by atoms with E-state index in [1.807, 2.05) is 12.1 Å². The molecular weight excluding hydrogens is 262 g/mol. The summed E-state index contributed by atoms with van der Waals surface area (Å²) in [6.45, 7) is 2.94. The summed E-state index contributed by atoms with van der Waals surface area (Å²) in [5.41, 5.74) is 7.44. The predicted molar refractivity (Wildman–Crippen MR) is 84.5 cm³/mol. The average Bonchev–Trinajstić information content (AvgIpc) is 2.95. The molecule has 2 aliphatic rings. The van der Waals surface area contributed by atoms with Crippen LogP contribution < -0.4 is 10.5 Å². The molecule has 2 fully saturated rings. The van der Waals surface area contributed by atoms with Gasteiger partial charge in [0.25, 0.3) is 0 Å². The molecule has 0 amide bonds. The highest BCUT2D eigenvalue weighted by Gasteiger charge is 2.40. The molecule has 0 aromatic heterocycles. The zero-order valence-corrected chi connectivity index (χ0v) is 13.0. The summed E-state index contributed by atoms with van der Waals surface area (Å²) in [6.07, 6.45) is 8.19. The van der Waals surface area contributed by atoms with E-state index in [0.29, 0.717) is 0 Å². The lowest BCUT2D eigenvalue weighted by atomic mass is 9.90. The van der Waals surface area contributed by atoms with Crippen LogP contribution in [0.25, 0.3) is 0 Å². The SMILES string of the molecule is CC[C@H](N)c1ccccc1OC1CCOC2(CCCC2)C1. The van der Waals surface area contributed by atoms with E-state index in [1.165, 1.54) is 25.7 Å². The fourth-order valence-corrected chi connectivity index (χ4v) is 3.74. The lowest BCUT2D eigenvalue weighted by Crippen LogP contribution is -2.41. The van der Waals surface area contributed by atoms with E-state index < -0.39 is 0 Å². The molecule has 1 aromatic rings. The Bertz CT molecular complexity index is 468. The zero-order chi connectivity index (χ0) is 14.7. The van der Waals surface area contributed by atoms with Crippen molar-refractivity contribution in [2.75, 3.05) is 6.61 Å². The fraction of sp³-hybridized carbons (Fsp3) is 0.667. The summed E-state index contributed by atoms with van der Waals surface area (Å²) in [5.74, 6) is 0.965. The van der Waals surface area contributed by atoms with Gasteiger partial charge < -0.3 is 15.2 Å². The number of benzene rings is 1. The van der Waals surface area contributed by atoms with Crippen molar-refractivity contribution in [3.63, 3.8) is 0 Å². The molecule has 21 heavy (non-hydrogen) atoms. The number of ether oxygens (including phenoxy) is 2. The number of nitrogens with two attached hydrogens (primary N) is 1. The summed E-state index contributed by atoms with van der Waals surface area (Å²) in [4.78, 5) is 0. The molecule has 1 heterocycles. The van der Waals surface area contributed by atoms with Crippen molar-refractivity contribution in [2.24, 2.45) is 5.73 Å². The van der Waals surface area contributed by atoms with Crippen LogP contribution in [0.1, 0.15) is 63.5 Å². The van der Waals surface area contributed by atoms with Gasteiger partial charge in [-0.2, -0.15) is 0 Å². The maximum atomic E-state index is 6.34. The second kappa shape index (κ2) is 6.37. The standard InChI is InChI=1S/C18H27NO2/c1-2-16(19)15-7-3-4-8-17(15)21-14-9-12-20-18(13-14)10-5-6-11-18/h3-4,7-8,14,16H,2,5-6,9-13,19H2,1H3/t14?,16-/m0/s1. The third-order valence-electron chi connectivity index (χ3n) is 5.01. The lowest BCUT2D eigenvalue weighted by molar-refractivity contribution is -0.108. The van der Waals surface area contributed by atoms with E-state index in [0.717, 1.165) is 37.2 Å². The number of hydrogen-bond donors (Lipinski definition) is 1. The van der Waals surface area contributed by atoms with Crippen LogP contribution in [0.5, 0.6) is 5.75 Å². The lowest BCUT2D eigenvalue weighted by Gasteiger charge is -2.38. The Morgan fingerprint density at radius 2 is 2.10 bits per heavy atom. The van der Waals surface area contributed by atoms with Crippen LogP contribution in [0, 0.1) is 0 Å². The van der Waals surface area contributed by atoms with Crippen molar-refractivity contribution < 1.29 is 9.47 Å². The largest absolute Gasteiger partial charge is 0.490 e. The van der Waals surface area contributed by atoms with Gasteiger partial charge in [-0.05, 0) is 25.3 Å². The Kier molecular flexibility index (Phi) is 4.51. The average molecular weight is 289 g/mol. The first kappa shape index (κ1) is 14.9. The molecule has 1 saturated carbocycles. The van der Waals surface area contributed by atoms with Gasteiger partial charge in [0.05, 0.1) is 12.2 Å². The van der Waals surface area contributed by atoms with E-state index in [9.17, 15) is 0 Å². The normalized spacial score (nSPS) is 25.9. The molecule has 116 valence electrons. The number of rotatable bonds is 4. The molecule has 3 rings (SSSR count). The molecule has 1 aromatic carbocycles. The topological polar surface area (TPSA) is 44.5 Å². The first-order valence-corrected chi connectivity index (χ1v) is 8.37. The van der Waals surface area contributed by atoms with Gasteiger partial charge in [-0.25, -0.2) is 0 Å². The maximum Gasteiger partial charge on any atom is 0.124 e. The molecule has 1 saturated heterocycles. The summed E-state index contributed by atoms with van der Waals surface area (Å²) >= 11 is 0. The zero-order valence-electron chi connectivity index (χ0n) is 13.0. The van der Waals surface area contributed by atoms with Gasteiger partial charge in [0.2, 0.25) is 0 Å². The van der Waals surface area contributed by atoms with Gasteiger partial charge in [0.15, 0.2) is 0 Å². The smallest absolute Gasteiger partial charge is 0.124 e. The highest BCUT2D eigenvalue weighted by Crippen LogP contribution is 2.41. The summed E-state index contributed by atoms with van der Waals surface area (Å²) in [7, 11) is 0. The predicted octanol–water partition coefficient (Wildman–Crippen LogP) is 3.97. The number of para-hydroxylation sites is 1. The molecule has 1 unspecified atom stereocenters. The Hall–Kier alpha value is -1.06. The Labute approximate surface area is 127 Å². The van der Waals surface area contributed by atoms with Gasteiger partial charge in [-0.1, -0.05) is 38.0 Å². The van der Waals surface area contributed by atoms with Crippen LogP contribution in [0.15, 0.2) is 24.3 Å². The molecule has 1 aliphatic carbocycles. The Balaban J connectivity index is 1.71. The van der Waals surface area contributed by atoms with E-state index in [-0.39, 0.29) is 17.7 Å². The summed E-state index contributed by atoms with van der Waals surface area (Å²) in [6, 6.07) is 8.28. The minimum absolute atomic E-state index is 0.0569. The van der Waals surface area contributed by atoms with Gasteiger partial charge in [-0.15, -0.1) is 0 Å². The highest BCUT2D eigenvalue weighted by molar-refractivity contribution is 5.36. The van der Waals surface area contributed by atoms with Gasteiger partial charge in [0, 0.05) is 24.4 Å². The van der Waals surface area contributed by atoms with Crippen molar-refractivity contribution in [3.05, 3.63) is 29.8 Å². The van der Waals surface area contributed by atoms with Crippen LogP contribution in [-0.2, 0) is 4.74 Å². The molecule has 0 radical (unpaired) electrons. The van der Waals surface area contributed by atoms with Gasteiger partial charge >= 0.3 is 0 Å². The molecule has 1 spiro atoms. The van der Waals surface area contributed by atoms with Gasteiger partial charge in [-0.3, -0.25) is 0 Å². The Morgan fingerprint density at radius 1 is 1.33 bits per heavy atom. The van der Waals surface area contributed by atoms with Crippen LogP contribution in [0.2, 0.25) is 0 Å². The van der Waals surface area contributed by atoms with E-state index >= 15 is 0 Å². The summed E-state index contributed by atoms with van der Waals surface area (Å²) < 4.78 is 12.4. The molecule has 3 heteroatoms. The van der Waals surface area contributed by atoms with Crippen molar-refractivity contribution in [1.82, 2.24) is 0 Å². The summed E-state index contributed by atoms with van der Waals surface area (Å²) in [5, 5.41) is 0. The molecule has 2 N–H and O–H groups in total. The third kappa shape index (κ3) is 3.24. The maximum absolute atomic E-state index is 6.34. The minimum Gasteiger partial charge on any atom is -0.490 e. The van der Waals surface area contributed by atoms with E-state index in [4.69, 9.17) is 15.2 Å². The minimum atomic E-state index is 0.0569. The monoisotopic (exact) mass is 289 g/mol. The van der Waals surface area contributed by atoms with E-state index in [2.05, 4.69) is 19.1 Å². The van der Waals surface area contributed by atoms with Gasteiger partial charge in [0.1, 0.15) is 11.9 Å².